The van der Waals surface area contributed by atoms with Crippen molar-refractivity contribution in [3.63, 3.8) is 0 Å². The number of nitrogens with zero attached hydrogens (tertiary/aromatic N) is 1. The molecule has 0 amide bonds. The third-order valence-electron chi connectivity index (χ3n) is 4.28. The molecular weight excluding hydrogens is 208 g/mol. The van der Waals surface area contributed by atoms with E-state index < -0.39 is 0 Å². The first-order chi connectivity index (χ1) is 8.05. The second kappa shape index (κ2) is 3.74. The summed E-state index contributed by atoms with van der Waals surface area (Å²) in [6, 6.07) is 7.59. The van der Waals surface area contributed by atoms with Crippen molar-refractivity contribution in [2.24, 2.45) is 5.73 Å². The van der Waals surface area contributed by atoms with Gasteiger partial charge in [-0.2, -0.15) is 0 Å². The maximum atomic E-state index is 6.20. The fraction of sp³-hybridized carbons (Fsp3) is 0.600. The van der Waals surface area contributed by atoms with Gasteiger partial charge in [-0.25, -0.2) is 0 Å². The molecule has 2 aliphatic rings. The Hall–Kier alpha value is -1.02. The van der Waals surface area contributed by atoms with Gasteiger partial charge in [0, 0.05) is 23.8 Å². The molecule has 0 atom stereocenters. The van der Waals surface area contributed by atoms with Crippen LogP contribution in [-0.4, -0.2) is 12.6 Å². The molecule has 0 saturated heterocycles. The third kappa shape index (κ3) is 1.85. The fourth-order valence-corrected chi connectivity index (χ4v) is 2.88. The van der Waals surface area contributed by atoms with Gasteiger partial charge in [-0.15, -0.1) is 0 Å². The van der Waals surface area contributed by atoms with E-state index in [0.29, 0.717) is 0 Å². The zero-order valence-corrected chi connectivity index (χ0v) is 10.9. The molecular formula is C15H22N2. The largest absolute Gasteiger partial charge is 0.368 e. The van der Waals surface area contributed by atoms with Crippen LogP contribution >= 0.6 is 0 Å². The minimum absolute atomic E-state index is 0.233. The second-order valence-corrected chi connectivity index (χ2v) is 6.09. The standard InChI is InChI=1S/C15H22N2/c1-15(2,16)12-7-6-11-8-9-17(14(11)10-12)13-4-3-5-13/h6-7,10,13H,3-5,8-9,16H2,1-2H3. The van der Waals surface area contributed by atoms with Gasteiger partial charge in [0.15, 0.2) is 0 Å². The van der Waals surface area contributed by atoms with Crippen molar-refractivity contribution in [2.45, 2.75) is 51.1 Å². The van der Waals surface area contributed by atoms with Crippen LogP contribution in [0.15, 0.2) is 18.2 Å². The Bertz CT molecular complexity index is 427. The Morgan fingerprint density at radius 3 is 2.65 bits per heavy atom. The van der Waals surface area contributed by atoms with Crippen LogP contribution < -0.4 is 10.6 Å². The normalized spacial score (nSPS) is 20.3. The summed E-state index contributed by atoms with van der Waals surface area (Å²) < 4.78 is 0. The van der Waals surface area contributed by atoms with Gasteiger partial charge in [-0.05, 0) is 56.7 Å². The highest BCUT2D eigenvalue weighted by atomic mass is 15.2. The number of hydrogen-bond donors (Lipinski definition) is 1. The molecule has 3 rings (SSSR count). The highest BCUT2D eigenvalue weighted by Crippen LogP contribution is 2.37. The monoisotopic (exact) mass is 230 g/mol. The Morgan fingerprint density at radius 1 is 1.29 bits per heavy atom. The van der Waals surface area contributed by atoms with Gasteiger partial charge < -0.3 is 10.6 Å². The summed E-state index contributed by atoms with van der Waals surface area (Å²) in [5, 5.41) is 0. The SMILES string of the molecule is CC(C)(N)c1ccc2c(c1)N(C1CCC1)CC2. The van der Waals surface area contributed by atoms with E-state index in [1.165, 1.54) is 49.0 Å². The van der Waals surface area contributed by atoms with Gasteiger partial charge in [-0.1, -0.05) is 12.1 Å². The maximum Gasteiger partial charge on any atom is 0.0405 e. The van der Waals surface area contributed by atoms with E-state index in [9.17, 15) is 0 Å². The van der Waals surface area contributed by atoms with Gasteiger partial charge in [0.05, 0.1) is 0 Å². The second-order valence-electron chi connectivity index (χ2n) is 6.09. The Balaban J connectivity index is 1.95. The van der Waals surface area contributed by atoms with E-state index in [0.717, 1.165) is 6.04 Å². The zero-order chi connectivity index (χ0) is 12.0. The molecule has 0 aromatic heterocycles. The predicted molar refractivity (Wildman–Crippen MR) is 72.3 cm³/mol. The quantitative estimate of drug-likeness (QED) is 0.846. The van der Waals surface area contributed by atoms with Crippen molar-refractivity contribution in [1.29, 1.82) is 0 Å². The lowest BCUT2D eigenvalue weighted by molar-refractivity contribution is 0.392. The van der Waals surface area contributed by atoms with E-state index in [1.54, 1.807) is 0 Å². The van der Waals surface area contributed by atoms with E-state index in [4.69, 9.17) is 5.73 Å². The number of nitrogens with two attached hydrogens (primary N) is 1. The van der Waals surface area contributed by atoms with Crippen LogP contribution in [0.2, 0.25) is 0 Å². The molecule has 0 radical (unpaired) electrons. The van der Waals surface area contributed by atoms with E-state index >= 15 is 0 Å². The Kier molecular flexibility index (Phi) is 2.44. The smallest absolute Gasteiger partial charge is 0.0405 e. The van der Waals surface area contributed by atoms with Crippen LogP contribution in [0.3, 0.4) is 0 Å². The van der Waals surface area contributed by atoms with E-state index in [2.05, 4.69) is 36.9 Å². The number of fused-ring (bicyclic) bond motifs is 1. The molecule has 2 N–H and O–H groups in total. The lowest BCUT2D eigenvalue weighted by Gasteiger charge is -2.37. The molecule has 1 heterocycles. The summed E-state index contributed by atoms with van der Waals surface area (Å²) in [5.41, 5.74) is 10.2. The van der Waals surface area contributed by atoms with E-state index in [1.807, 2.05) is 0 Å². The lowest BCUT2D eigenvalue weighted by Crippen LogP contribution is -2.39. The molecule has 1 aliphatic carbocycles. The van der Waals surface area contributed by atoms with E-state index in [-0.39, 0.29) is 5.54 Å². The first-order valence-corrected chi connectivity index (χ1v) is 6.74. The molecule has 17 heavy (non-hydrogen) atoms. The summed E-state index contributed by atoms with van der Waals surface area (Å²) in [6.45, 7) is 5.36. The summed E-state index contributed by atoms with van der Waals surface area (Å²) in [5.74, 6) is 0. The van der Waals surface area contributed by atoms with Crippen LogP contribution in [0, 0.1) is 0 Å². The molecule has 0 bridgehead atoms. The first-order valence-electron chi connectivity index (χ1n) is 6.74. The van der Waals surface area contributed by atoms with Crippen LogP contribution in [0.5, 0.6) is 0 Å². The number of anilines is 1. The molecule has 0 unspecified atom stereocenters. The molecule has 1 aromatic carbocycles. The van der Waals surface area contributed by atoms with Crippen molar-refractivity contribution >= 4 is 5.69 Å². The van der Waals surface area contributed by atoms with Crippen LogP contribution in [-0.2, 0) is 12.0 Å². The van der Waals surface area contributed by atoms with Crippen molar-refractivity contribution in [3.8, 4) is 0 Å². The van der Waals surface area contributed by atoms with Crippen molar-refractivity contribution < 1.29 is 0 Å². The average Bonchev–Trinajstić information content (AvgIpc) is 2.57. The Labute approximate surface area is 104 Å². The van der Waals surface area contributed by atoms with Crippen molar-refractivity contribution in [3.05, 3.63) is 29.3 Å². The maximum absolute atomic E-state index is 6.20. The highest BCUT2D eigenvalue weighted by Gasteiger charge is 2.30. The first kappa shape index (κ1) is 11.1. The molecule has 0 spiro atoms. The number of rotatable bonds is 2. The van der Waals surface area contributed by atoms with Gasteiger partial charge in [0.2, 0.25) is 0 Å². The molecule has 1 fully saturated rings. The summed E-state index contributed by atoms with van der Waals surface area (Å²) in [4.78, 5) is 2.61. The summed E-state index contributed by atoms with van der Waals surface area (Å²) in [6.07, 6.45) is 5.35. The molecule has 2 nitrogen and oxygen atoms in total. The lowest BCUT2D eigenvalue weighted by atomic mass is 9.90. The molecule has 1 saturated carbocycles. The fourth-order valence-electron chi connectivity index (χ4n) is 2.88. The predicted octanol–water partition coefficient (Wildman–Crippen LogP) is 2.80. The van der Waals surface area contributed by atoms with Gasteiger partial charge in [0.1, 0.15) is 0 Å². The summed E-state index contributed by atoms with van der Waals surface area (Å²) >= 11 is 0. The number of hydrogen-bond acceptors (Lipinski definition) is 2. The average molecular weight is 230 g/mol. The molecule has 1 aliphatic heterocycles. The molecule has 1 aromatic rings. The third-order valence-corrected chi connectivity index (χ3v) is 4.28. The van der Waals surface area contributed by atoms with Crippen LogP contribution in [0.1, 0.15) is 44.2 Å². The Morgan fingerprint density at radius 2 is 2.06 bits per heavy atom. The minimum Gasteiger partial charge on any atom is -0.368 e. The van der Waals surface area contributed by atoms with Gasteiger partial charge in [-0.3, -0.25) is 0 Å². The van der Waals surface area contributed by atoms with Crippen LogP contribution in [0.25, 0.3) is 0 Å². The molecule has 2 heteroatoms. The van der Waals surface area contributed by atoms with Gasteiger partial charge >= 0.3 is 0 Å². The van der Waals surface area contributed by atoms with Gasteiger partial charge in [0.25, 0.3) is 0 Å². The summed E-state index contributed by atoms with van der Waals surface area (Å²) in [7, 11) is 0. The minimum atomic E-state index is -0.233. The van der Waals surface area contributed by atoms with Crippen molar-refractivity contribution in [2.75, 3.05) is 11.4 Å². The highest BCUT2D eigenvalue weighted by molar-refractivity contribution is 5.61. The topological polar surface area (TPSA) is 29.3 Å². The zero-order valence-electron chi connectivity index (χ0n) is 10.9. The van der Waals surface area contributed by atoms with Crippen LogP contribution in [0.4, 0.5) is 5.69 Å². The van der Waals surface area contributed by atoms with Crippen molar-refractivity contribution in [1.82, 2.24) is 0 Å². The molecule has 92 valence electrons. The number of benzene rings is 1.